The first-order chi connectivity index (χ1) is 13.2. The number of hydrogen-bond donors (Lipinski definition) is 0. The molecule has 2 aromatic heterocycles. The zero-order chi connectivity index (χ0) is 18.6. The fourth-order valence-electron chi connectivity index (χ4n) is 3.99. The van der Waals surface area contributed by atoms with Crippen molar-refractivity contribution in [1.82, 2.24) is 9.47 Å². The molecule has 146 valence electrons. The number of rotatable bonds is 6. The summed E-state index contributed by atoms with van der Waals surface area (Å²) >= 11 is 0. The molecule has 6 nitrogen and oxygen atoms in total. The number of hydrogen-bond acceptors (Lipinski definition) is 4. The summed E-state index contributed by atoms with van der Waals surface area (Å²) in [5, 5.41) is 0. The molecule has 1 unspecified atom stereocenters. The minimum atomic E-state index is -0.0383. The summed E-state index contributed by atoms with van der Waals surface area (Å²) in [6.45, 7) is 6.38. The molecular weight excluding hydrogens is 344 g/mol. The standard InChI is InChI=1S/C21H28N2O4/c1-16-4-5-20(27-16)21(24)22-13-18-3-2-9-23(18)19(14-22)8-12-26-15-17-6-10-25-11-7-17/h2-5,9,17,19H,6-8,10-15H2,1H3. The molecule has 4 rings (SSSR count). The number of amides is 1. The molecule has 6 heteroatoms. The Kier molecular flexibility index (Phi) is 5.64. The maximum absolute atomic E-state index is 12.8. The number of carbonyl (C=O) groups excluding carboxylic acids is 1. The van der Waals surface area contributed by atoms with E-state index in [0.29, 0.717) is 31.4 Å². The Morgan fingerprint density at radius 1 is 1.26 bits per heavy atom. The van der Waals surface area contributed by atoms with E-state index in [9.17, 15) is 4.79 Å². The van der Waals surface area contributed by atoms with Gasteiger partial charge in [-0.2, -0.15) is 0 Å². The van der Waals surface area contributed by atoms with Crippen LogP contribution in [-0.4, -0.2) is 48.3 Å². The second-order valence-electron chi connectivity index (χ2n) is 7.58. The third kappa shape index (κ3) is 4.28. The van der Waals surface area contributed by atoms with Crippen molar-refractivity contribution in [2.45, 2.75) is 38.8 Å². The van der Waals surface area contributed by atoms with Crippen LogP contribution < -0.4 is 0 Å². The van der Waals surface area contributed by atoms with E-state index in [2.05, 4.69) is 22.9 Å². The number of carbonyl (C=O) groups is 1. The molecule has 1 fully saturated rings. The molecule has 4 heterocycles. The average molecular weight is 372 g/mol. The van der Waals surface area contributed by atoms with Crippen LogP contribution in [0.3, 0.4) is 0 Å². The minimum absolute atomic E-state index is 0.0383. The van der Waals surface area contributed by atoms with Crippen LogP contribution in [0.4, 0.5) is 0 Å². The van der Waals surface area contributed by atoms with E-state index >= 15 is 0 Å². The van der Waals surface area contributed by atoms with Crippen LogP contribution >= 0.6 is 0 Å². The van der Waals surface area contributed by atoms with Gasteiger partial charge >= 0.3 is 0 Å². The average Bonchev–Trinajstić information content (AvgIpc) is 3.34. The van der Waals surface area contributed by atoms with Gasteiger partial charge in [-0.3, -0.25) is 4.79 Å². The van der Waals surface area contributed by atoms with Gasteiger partial charge in [-0.05, 0) is 56.4 Å². The van der Waals surface area contributed by atoms with Crippen molar-refractivity contribution in [3.05, 3.63) is 47.7 Å². The lowest BCUT2D eigenvalue weighted by atomic mass is 10.0. The van der Waals surface area contributed by atoms with Crippen LogP contribution in [0.5, 0.6) is 0 Å². The van der Waals surface area contributed by atoms with E-state index in [1.165, 1.54) is 0 Å². The molecule has 1 atom stereocenters. The molecule has 0 aromatic carbocycles. The normalized spacial score (nSPS) is 20.6. The Balaban J connectivity index is 1.34. The predicted molar refractivity (Wildman–Crippen MR) is 101 cm³/mol. The van der Waals surface area contributed by atoms with Crippen LogP contribution in [-0.2, 0) is 16.0 Å². The molecule has 2 aliphatic rings. The lowest BCUT2D eigenvalue weighted by Crippen LogP contribution is -2.41. The zero-order valence-electron chi connectivity index (χ0n) is 15.9. The lowest BCUT2D eigenvalue weighted by Gasteiger charge is -2.35. The third-order valence-electron chi connectivity index (χ3n) is 5.57. The molecule has 0 radical (unpaired) electrons. The van der Waals surface area contributed by atoms with Crippen LogP contribution in [0.1, 0.15) is 47.3 Å². The van der Waals surface area contributed by atoms with Gasteiger partial charge in [0.2, 0.25) is 0 Å². The summed E-state index contributed by atoms with van der Waals surface area (Å²) in [7, 11) is 0. The summed E-state index contributed by atoms with van der Waals surface area (Å²) in [4.78, 5) is 14.7. The molecule has 0 bridgehead atoms. The van der Waals surface area contributed by atoms with Crippen molar-refractivity contribution in [2.24, 2.45) is 5.92 Å². The smallest absolute Gasteiger partial charge is 0.289 e. The molecule has 2 aromatic rings. The van der Waals surface area contributed by atoms with Crippen LogP contribution in [0.15, 0.2) is 34.9 Å². The largest absolute Gasteiger partial charge is 0.456 e. The summed E-state index contributed by atoms with van der Waals surface area (Å²) in [5.74, 6) is 1.76. The third-order valence-corrected chi connectivity index (χ3v) is 5.57. The molecular formula is C21H28N2O4. The second kappa shape index (κ2) is 8.31. The number of ether oxygens (including phenoxy) is 2. The highest BCUT2D eigenvalue weighted by Gasteiger charge is 2.29. The summed E-state index contributed by atoms with van der Waals surface area (Å²) in [5.41, 5.74) is 1.16. The van der Waals surface area contributed by atoms with Crippen molar-refractivity contribution in [3.63, 3.8) is 0 Å². The van der Waals surface area contributed by atoms with Crippen molar-refractivity contribution in [2.75, 3.05) is 33.0 Å². The van der Waals surface area contributed by atoms with E-state index in [1.54, 1.807) is 6.07 Å². The number of aromatic nitrogens is 1. The first-order valence-electron chi connectivity index (χ1n) is 9.87. The molecule has 0 saturated carbocycles. The molecule has 0 N–H and O–H groups in total. The highest BCUT2D eigenvalue weighted by atomic mass is 16.5. The van der Waals surface area contributed by atoms with Gasteiger partial charge in [0.05, 0.1) is 12.6 Å². The van der Waals surface area contributed by atoms with Gasteiger partial charge in [-0.1, -0.05) is 0 Å². The Hall–Kier alpha value is -2.05. The monoisotopic (exact) mass is 372 g/mol. The van der Waals surface area contributed by atoms with E-state index in [0.717, 1.165) is 50.5 Å². The minimum Gasteiger partial charge on any atom is -0.456 e. The Morgan fingerprint density at radius 3 is 2.89 bits per heavy atom. The number of furan rings is 1. The molecule has 0 aliphatic carbocycles. The molecule has 1 saturated heterocycles. The van der Waals surface area contributed by atoms with Crippen molar-refractivity contribution in [1.29, 1.82) is 0 Å². The van der Waals surface area contributed by atoms with Gasteiger partial charge in [0.1, 0.15) is 5.76 Å². The Labute approximate surface area is 160 Å². The SMILES string of the molecule is Cc1ccc(C(=O)N2Cc3cccn3C(CCOCC3CCOCC3)C2)o1. The van der Waals surface area contributed by atoms with Gasteiger partial charge in [0.15, 0.2) is 5.76 Å². The maximum Gasteiger partial charge on any atom is 0.289 e. The van der Waals surface area contributed by atoms with Gasteiger partial charge in [-0.15, -0.1) is 0 Å². The quantitative estimate of drug-likeness (QED) is 0.729. The Bertz CT molecular complexity index is 760. The number of fused-ring (bicyclic) bond motifs is 1. The maximum atomic E-state index is 12.8. The van der Waals surface area contributed by atoms with E-state index in [4.69, 9.17) is 13.9 Å². The topological polar surface area (TPSA) is 56.8 Å². The van der Waals surface area contributed by atoms with Crippen LogP contribution in [0.2, 0.25) is 0 Å². The molecule has 2 aliphatic heterocycles. The van der Waals surface area contributed by atoms with Crippen molar-refractivity contribution in [3.8, 4) is 0 Å². The van der Waals surface area contributed by atoms with Gasteiger partial charge in [0, 0.05) is 44.9 Å². The number of aryl methyl sites for hydroxylation is 1. The molecule has 0 spiro atoms. The summed E-state index contributed by atoms with van der Waals surface area (Å²) in [6, 6.07) is 7.97. The van der Waals surface area contributed by atoms with E-state index in [-0.39, 0.29) is 11.9 Å². The molecule has 1 amide bonds. The lowest BCUT2D eigenvalue weighted by molar-refractivity contribution is 0.0160. The molecule has 27 heavy (non-hydrogen) atoms. The van der Waals surface area contributed by atoms with Gasteiger partial charge in [-0.25, -0.2) is 0 Å². The summed E-state index contributed by atoms with van der Waals surface area (Å²) in [6.07, 6.45) is 5.19. The van der Waals surface area contributed by atoms with Crippen LogP contribution in [0.25, 0.3) is 0 Å². The number of nitrogens with zero attached hydrogens (tertiary/aromatic N) is 2. The fraction of sp³-hybridized carbons (Fsp3) is 0.571. The highest BCUT2D eigenvalue weighted by molar-refractivity contribution is 5.91. The highest BCUT2D eigenvalue weighted by Crippen LogP contribution is 2.26. The zero-order valence-corrected chi connectivity index (χ0v) is 15.9. The van der Waals surface area contributed by atoms with Gasteiger partial charge in [0.25, 0.3) is 5.91 Å². The van der Waals surface area contributed by atoms with Gasteiger partial charge < -0.3 is 23.4 Å². The Morgan fingerprint density at radius 2 is 2.11 bits per heavy atom. The van der Waals surface area contributed by atoms with E-state index < -0.39 is 0 Å². The summed E-state index contributed by atoms with van der Waals surface area (Å²) < 4.78 is 19.2. The first kappa shape index (κ1) is 18.3. The van der Waals surface area contributed by atoms with Crippen molar-refractivity contribution < 1.29 is 18.7 Å². The van der Waals surface area contributed by atoms with Crippen LogP contribution in [0, 0.1) is 12.8 Å². The van der Waals surface area contributed by atoms with E-state index in [1.807, 2.05) is 17.9 Å². The first-order valence-corrected chi connectivity index (χ1v) is 9.87. The van der Waals surface area contributed by atoms with Crippen molar-refractivity contribution >= 4 is 5.91 Å². The second-order valence-corrected chi connectivity index (χ2v) is 7.58. The fourth-order valence-corrected chi connectivity index (χ4v) is 3.99. The predicted octanol–water partition coefficient (Wildman–Crippen LogP) is 3.42.